The summed E-state index contributed by atoms with van der Waals surface area (Å²) in [5.41, 5.74) is 3.32. The summed E-state index contributed by atoms with van der Waals surface area (Å²) in [4.78, 5) is 15.1. The van der Waals surface area contributed by atoms with Crippen molar-refractivity contribution in [2.24, 2.45) is 0 Å². The highest BCUT2D eigenvalue weighted by molar-refractivity contribution is 5.86. The third kappa shape index (κ3) is 5.20. The summed E-state index contributed by atoms with van der Waals surface area (Å²) < 4.78 is 4.55. The summed E-state index contributed by atoms with van der Waals surface area (Å²) in [6.45, 7) is 1.58. The minimum Gasteiger partial charge on any atom is -0.466 e. The molecule has 1 aromatic carbocycles. The third-order valence-electron chi connectivity index (χ3n) is 2.97. The lowest BCUT2D eigenvalue weighted by atomic mass is 10.1. The quantitative estimate of drug-likeness (QED) is 0.653. The largest absolute Gasteiger partial charge is 0.466 e. The van der Waals surface area contributed by atoms with Crippen LogP contribution in [0.25, 0.3) is 6.08 Å². The molecule has 2 aromatic rings. The molecule has 0 saturated carbocycles. The van der Waals surface area contributed by atoms with Crippen LogP contribution in [0.5, 0.6) is 0 Å². The highest BCUT2D eigenvalue weighted by Gasteiger charge is 1.96. The van der Waals surface area contributed by atoms with Crippen LogP contribution in [-0.2, 0) is 22.6 Å². The molecule has 4 heteroatoms. The Bertz CT molecular complexity index is 592. The lowest BCUT2D eigenvalue weighted by Gasteiger charge is -2.05. The number of carbonyl (C=O) groups excluding carboxylic acids is 1. The van der Waals surface area contributed by atoms with Crippen molar-refractivity contribution in [3.05, 3.63) is 71.6 Å². The Morgan fingerprint density at radius 2 is 1.95 bits per heavy atom. The van der Waals surface area contributed by atoms with Crippen LogP contribution in [0.3, 0.4) is 0 Å². The Hall–Kier alpha value is -2.46. The summed E-state index contributed by atoms with van der Waals surface area (Å²) in [6.07, 6.45) is 6.77. The van der Waals surface area contributed by atoms with Crippen LogP contribution >= 0.6 is 0 Å². The molecule has 1 aromatic heterocycles. The molecule has 0 amide bonds. The number of rotatable bonds is 6. The van der Waals surface area contributed by atoms with Gasteiger partial charge in [0, 0.05) is 31.6 Å². The van der Waals surface area contributed by atoms with E-state index in [1.165, 1.54) is 18.7 Å². The van der Waals surface area contributed by atoms with Gasteiger partial charge in [-0.1, -0.05) is 30.3 Å². The molecule has 0 fully saturated rings. The average molecular weight is 282 g/mol. The monoisotopic (exact) mass is 282 g/mol. The topological polar surface area (TPSA) is 51.2 Å². The zero-order valence-electron chi connectivity index (χ0n) is 12.0. The SMILES string of the molecule is COC(=O)C=Cc1ccc(CNCc2cccnc2)cc1. The van der Waals surface area contributed by atoms with Gasteiger partial charge in [0.05, 0.1) is 7.11 Å². The van der Waals surface area contributed by atoms with E-state index in [1.807, 2.05) is 42.6 Å². The first-order valence-electron chi connectivity index (χ1n) is 6.72. The van der Waals surface area contributed by atoms with Crippen molar-refractivity contribution in [3.63, 3.8) is 0 Å². The molecule has 0 bridgehead atoms. The number of ether oxygens (including phenoxy) is 1. The van der Waals surface area contributed by atoms with Crippen LogP contribution < -0.4 is 5.32 Å². The van der Waals surface area contributed by atoms with Gasteiger partial charge < -0.3 is 10.1 Å². The number of nitrogens with one attached hydrogen (secondary N) is 1. The number of nitrogens with zero attached hydrogens (tertiary/aromatic N) is 1. The Morgan fingerprint density at radius 1 is 1.19 bits per heavy atom. The minimum absolute atomic E-state index is 0.350. The van der Waals surface area contributed by atoms with Crippen LogP contribution in [-0.4, -0.2) is 18.1 Å². The number of aromatic nitrogens is 1. The summed E-state index contributed by atoms with van der Waals surface area (Å²) in [6, 6.07) is 12.0. The lowest BCUT2D eigenvalue weighted by molar-refractivity contribution is -0.134. The first-order valence-corrected chi connectivity index (χ1v) is 6.72. The predicted octanol–water partition coefficient (Wildman–Crippen LogP) is 2.56. The Balaban J connectivity index is 1.82. The number of hydrogen-bond donors (Lipinski definition) is 1. The van der Waals surface area contributed by atoms with Crippen molar-refractivity contribution >= 4 is 12.0 Å². The molecule has 2 rings (SSSR count). The van der Waals surface area contributed by atoms with E-state index in [-0.39, 0.29) is 5.97 Å². The molecule has 0 aliphatic heterocycles. The fourth-order valence-corrected chi connectivity index (χ4v) is 1.83. The van der Waals surface area contributed by atoms with Crippen molar-refractivity contribution in [2.75, 3.05) is 7.11 Å². The van der Waals surface area contributed by atoms with Gasteiger partial charge in [0.2, 0.25) is 0 Å². The number of hydrogen-bond acceptors (Lipinski definition) is 4. The van der Waals surface area contributed by atoms with Gasteiger partial charge in [-0.15, -0.1) is 0 Å². The van der Waals surface area contributed by atoms with Gasteiger partial charge in [-0.2, -0.15) is 0 Å². The van der Waals surface area contributed by atoms with Gasteiger partial charge in [-0.25, -0.2) is 4.79 Å². The molecule has 108 valence electrons. The summed E-state index contributed by atoms with van der Waals surface area (Å²) in [5.74, 6) is -0.350. The molecule has 0 saturated heterocycles. The number of esters is 1. The minimum atomic E-state index is -0.350. The van der Waals surface area contributed by atoms with Gasteiger partial charge in [0.15, 0.2) is 0 Å². The lowest BCUT2D eigenvalue weighted by Crippen LogP contribution is -2.12. The van der Waals surface area contributed by atoms with E-state index in [9.17, 15) is 4.79 Å². The molecular formula is C17H18N2O2. The second-order valence-corrected chi connectivity index (χ2v) is 4.56. The second kappa shape index (κ2) is 7.97. The normalized spacial score (nSPS) is 10.7. The first kappa shape index (κ1) is 14.9. The Kier molecular flexibility index (Phi) is 5.67. The van der Waals surface area contributed by atoms with E-state index < -0.39 is 0 Å². The van der Waals surface area contributed by atoms with Crippen LogP contribution in [0.1, 0.15) is 16.7 Å². The van der Waals surface area contributed by atoms with Gasteiger partial charge in [0.1, 0.15) is 0 Å². The number of carbonyl (C=O) groups is 1. The molecular weight excluding hydrogens is 264 g/mol. The molecule has 0 aliphatic rings. The number of benzene rings is 1. The molecule has 21 heavy (non-hydrogen) atoms. The Morgan fingerprint density at radius 3 is 2.62 bits per heavy atom. The van der Waals surface area contributed by atoms with Crippen molar-refractivity contribution in [1.82, 2.24) is 10.3 Å². The molecule has 0 unspecified atom stereocenters. The number of methoxy groups -OCH3 is 1. The van der Waals surface area contributed by atoms with E-state index >= 15 is 0 Å². The Labute approximate surface area is 124 Å². The van der Waals surface area contributed by atoms with Crippen molar-refractivity contribution in [3.8, 4) is 0 Å². The predicted molar refractivity (Wildman–Crippen MR) is 82.3 cm³/mol. The molecule has 0 aliphatic carbocycles. The molecule has 0 radical (unpaired) electrons. The summed E-state index contributed by atoms with van der Waals surface area (Å²) in [5, 5.41) is 3.36. The second-order valence-electron chi connectivity index (χ2n) is 4.56. The van der Waals surface area contributed by atoms with Crippen LogP contribution in [0.15, 0.2) is 54.9 Å². The maximum absolute atomic E-state index is 11.0. The van der Waals surface area contributed by atoms with Gasteiger partial charge in [-0.3, -0.25) is 4.98 Å². The van der Waals surface area contributed by atoms with Crippen LogP contribution in [0, 0.1) is 0 Å². The number of pyridine rings is 1. The zero-order valence-corrected chi connectivity index (χ0v) is 12.0. The molecule has 0 spiro atoms. The van der Waals surface area contributed by atoms with Gasteiger partial charge >= 0.3 is 5.97 Å². The van der Waals surface area contributed by atoms with E-state index in [2.05, 4.69) is 15.0 Å². The molecule has 0 atom stereocenters. The van der Waals surface area contributed by atoms with E-state index in [4.69, 9.17) is 0 Å². The van der Waals surface area contributed by atoms with Crippen LogP contribution in [0.4, 0.5) is 0 Å². The average Bonchev–Trinajstić information content (AvgIpc) is 2.55. The first-order chi connectivity index (χ1) is 10.3. The highest BCUT2D eigenvalue weighted by atomic mass is 16.5. The van der Waals surface area contributed by atoms with Crippen molar-refractivity contribution < 1.29 is 9.53 Å². The fourth-order valence-electron chi connectivity index (χ4n) is 1.83. The highest BCUT2D eigenvalue weighted by Crippen LogP contribution is 2.07. The summed E-state index contributed by atoms with van der Waals surface area (Å²) in [7, 11) is 1.36. The maximum atomic E-state index is 11.0. The van der Waals surface area contributed by atoms with Gasteiger partial charge in [0.25, 0.3) is 0 Å². The van der Waals surface area contributed by atoms with E-state index in [0.717, 1.165) is 24.2 Å². The standard InChI is InChI=1S/C17H18N2O2/c1-21-17(20)9-8-14-4-6-15(7-5-14)11-19-13-16-3-2-10-18-12-16/h2-10,12,19H,11,13H2,1H3. The van der Waals surface area contributed by atoms with Crippen molar-refractivity contribution in [1.29, 1.82) is 0 Å². The van der Waals surface area contributed by atoms with E-state index in [0.29, 0.717) is 0 Å². The van der Waals surface area contributed by atoms with Crippen molar-refractivity contribution in [2.45, 2.75) is 13.1 Å². The smallest absolute Gasteiger partial charge is 0.330 e. The zero-order chi connectivity index (χ0) is 14.9. The summed E-state index contributed by atoms with van der Waals surface area (Å²) >= 11 is 0. The molecule has 1 N–H and O–H groups in total. The molecule has 4 nitrogen and oxygen atoms in total. The van der Waals surface area contributed by atoms with E-state index in [1.54, 1.807) is 12.3 Å². The maximum Gasteiger partial charge on any atom is 0.330 e. The van der Waals surface area contributed by atoms with Crippen LogP contribution in [0.2, 0.25) is 0 Å². The molecule has 1 heterocycles. The third-order valence-corrected chi connectivity index (χ3v) is 2.97. The van der Waals surface area contributed by atoms with Gasteiger partial charge in [-0.05, 0) is 28.8 Å². The fraction of sp³-hybridized carbons (Fsp3) is 0.176.